The van der Waals surface area contributed by atoms with Crippen LogP contribution in [0.3, 0.4) is 0 Å². The molecule has 8 nitrogen and oxygen atoms in total. The van der Waals surface area contributed by atoms with Crippen LogP contribution in [0.2, 0.25) is 0 Å². The van der Waals surface area contributed by atoms with Gasteiger partial charge in [0.05, 0.1) is 30.4 Å². The van der Waals surface area contributed by atoms with Crippen molar-refractivity contribution in [3.8, 4) is 0 Å². The number of dihydropyridines is 1. The van der Waals surface area contributed by atoms with E-state index in [1.165, 1.54) is 0 Å². The smallest absolute Gasteiger partial charge is 0.336 e. The van der Waals surface area contributed by atoms with Crippen molar-refractivity contribution in [1.29, 1.82) is 0 Å². The summed E-state index contributed by atoms with van der Waals surface area (Å²) in [5.41, 5.74) is 0.930. The molecule has 0 radical (unpaired) electrons. The quantitative estimate of drug-likeness (QED) is 0.641. The number of ether oxygens (including phenoxy) is 2. The zero-order valence-electron chi connectivity index (χ0n) is 15.8. The second-order valence-electron chi connectivity index (χ2n) is 6.09. The Morgan fingerprint density at radius 3 is 2.00 bits per heavy atom. The van der Waals surface area contributed by atoms with Crippen LogP contribution in [0, 0.1) is 5.92 Å². The summed E-state index contributed by atoms with van der Waals surface area (Å²) in [6.07, 6.45) is 0.509. The Labute approximate surface area is 162 Å². The number of thioether (sulfide) groups is 1. The van der Waals surface area contributed by atoms with Crippen LogP contribution in [0.1, 0.15) is 34.1 Å². The van der Waals surface area contributed by atoms with Crippen LogP contribution in [0.5, 0.6) is 0 Å². The van der Waals surface area contributed by atoms with Crippen molar-refractivity contribution >= 4 is 34.7 Å². The van der Waals surface area contributed by atoms with Crippen LogP contribution in [-0.4, -0.2) is 48.0 Å². The molecule has 2 heterocycles. The average molecular weight is 396 g/mol. The highest BCUT2D eigenvalue weighted by molar-refractivity contribution is 8.14. The monoisotopic (exact) mass is 396 g/mol. The van der Waals surface area contributed by atoms with E-state index in [4.69, 9.17) is 9.47 Å². The van der Waals surface area contributed by atoms with Crippen molar-refractivity contribution in [2.45, 2.75) is 40.2 Å². The van der Waals surface area contributed by atoms with Gasteiger partial charge in [0, 0.05) is 17.1 Å². The summed E-state index contributed by atoms with van der Waals surface area (Å²) in [5.74, 6) is -2.56. The van der Waals surface area contributed by atoms with Crippen molar-refractivity contribution in [2.24, 2.45) is 5.92 Å². The first-order valence-corrected chi connectivity index (χ1v) is 9.80. The van der Waals surface area contributed by atoms with Crippen molar-refractivity contribution < 1.29 is 28.7 Å². The third kappa shape index (κ3) is 4.52. The number of amides is 1. The van der Waals surface area contributed by atoms with E-state index in [2.05, 4.69) is 10.6 Å². The molecular weight excluding hydrogens is 372 g/mol. The summed E-state index contributed by atoms with van der Waals surface area (Å²) in [4.78, 5) is 50.0. The first-order chi connectivity index (χ1) is 12.8. The number of carbonyl (C=O) groups is 4. The van der Waals surface area contributed by atoms with Gasteiger partial charge in [-0.05, 0) is 34.1 Å². The lowest BCUT2D eigenvalue weighted by Crippen LogP contribution is -2.46. The zero-order chi connectivity index (χ0) is 20.1. The third-order valence-electron chi connectivity index (χ3n) is 4.27. The summed E-state index contributed by atoms with van der Waals surface area (Å²) in [6.45, 7) is 6.82. The van der Waals surface area contributed by atoms with E-state index in [1.807, 2.05) is 0 Å². The first kappa shape index (κ1) is 21.0. The van der Waals surface area contributed by atoms with Gasteiger partial charge in [0.1, 0.15) is 5.92 Å². The molecule has 0 spiro atoms. The van der Waals surface area contributed by atoms with Crippen molar-refractivity contribution in [2.75, 3.05) is 19.0 Å². The van der Waals surface area contributed by atoms with E-state index >= 15 is 0 Å². The maximum Gasteiger partial charge on any atom is 0.336 e. The largest absolute Gasteiger partial charge is 0.463 e. The molecule has 148 valence electrons. The van der Waals surface area contributed by atoms with Gasteiger partial charge in [-0.15, -0.1) is 0 Å². The van der Waals surface area contributed by atoms with Crippen LogP contribution in [0.15, 0.2) is 22.5 Å². The number of esters is 2. The summed E-state index contributed by atoms with van der Waals surface area (Å²) < 4.78 is 10.2. The molecule has 2 aliphatic heterocycles. The molecule has 0 aromatic rings. The molecule has 0 saturated carbocycles. The molecule has 2 rings (SSSR count). The van der Waals surface area contributed by atoms with Crippen LogP contribution in [0.4, 0.5) is 0 Å². The lowest BCUT2D eigenvalue weighted by Gasteiger charge is -2.29. The lowest BCUT2D eigenvalue weighted by molar-refractivity contribution is -0.142. The molecule has 1 amide bonds. The molecule has 2 aliphatic rings. The van der Waals surface area contributed by atoms with Gasteiger partial charge >= 0.3 is 11.9 Å². The number of carbonyl (C=O) groups excluding carboxylic acids is 4. The lowest BCUT2D eigenvalue weighted by atomic mass is 9.84. The Kier molecular flexibility index (Phi) is 7.06. The zero-order valence-corrected chi connectivity index (χ0v) is 16.7. The molecule has 2 N–H and O–H groups in total. The van der Waals surface area contributed by atoms with Crippen molar-refractivity contribution in [3.63, 3.8) is 0 Å². The molecule has 0 aliphatic carbocycles. The fourth-order valence-corrected chi connectivity index (χ4v) is 4.03. The van der Waals surface area contributed by atoms with E-state index in [-0.39, 0.29) is 29.5 Å². The maximum atomic E-state index is 13.0. The topological polar surface area (TPSA) is 111 Å². The predicted molar refractivity (Wildman–Crippen MR) is 99.3 cm³/mol. The Hall–Kier alpha value is -2.29. The van der Waals surface area contributed by atoms with E-state index < -0.39 is 29.8 Å². The van der Waals surface area contributed by atoms with Gasteiger partial charge in [0.2, 0.25) is 11.0 Å². The highest BCUT2D eigenvalue weighted by Crippen LogP contribution is 2.32. The van der Waals surface area contributed by atoms with Crippen molar-refractivity contribution in [3.05, 3.63) is 22.5 Å². The Bertz CT molecular complexity index is 687. The number of hydrogen-bond acceptors (Lipinski definition) is 8. The molecule has 27 heavy (non-hydrogen) atoms. The predicted octanol–water partition coefficient (Wildman–Crippen LogP) is 1.03. The molecule has 1 fully saturated rings. The molecule has 0 aromatic carbocycles. The highest BCUT2D eigenvalue weighted by atomic mass is 32.2. The highest BCUT2D eigenvalue weighted by Gasteiger charge is 2.42. The number of rotatable bonds is 6. The molecule has 0 unspecified atom stereocenters. The average Bonchev–Trinajstić information content (AvgIpc) is 2.99. The Morgan fingerprint density at radius 1 is 1.07 bits per heavy atom. The van der Waals surface area contributed by atoms with Crippen LogP contribution in [0.25, 0.3) is 0 Å². The van der Waals surface area contributed by atoms with Crippen molar-refractivity contribution in [1.82, 2.24) is 10.6 Å². The second kappa shape index (κ2) is 9.07. The number of allylic oxidation sites excluding steroid dienone is 2. The van der Waals surface area contributed by atoms with E-state index in [1.54, 1.807) is 27.7 Å². The van der Waals surface area contributed by atoms with Gasteiger partial charge in [0.15, 0.2) is 0 Å². The summed E-state index contributed by atoms with van der Waals surface area (Å²) in [6, 6.07) is -0.634. The minimum Gasteiger partial charge on any atom is -0.463 e. The van der Waals surface area contributed by atoms with Gasteiger partial charge in [-0.3, -0.25) is 9.59 Å². The fraction of sp³-hybridized carbons (Fsp3) is 0.556. The fourth-order valence-electron chi connectivity index (χ4n) is 3.10. The van der Waals surface area contributed by atoms with Gasteiger partial charge in [0.25, 0.3) is 0 Å². The minimum atomic E-state index is -1.21. The number of hydrogen-bond donors (Lipinski definition) is 2. The van der Waals surface area contributed by atoms with Crippen LogP contribution in [-0.2, 0) is 28.7 Å². The van der Waals surface area contributed by atoms with E-state index in [9.17, 15) is 19.2 Å². The molecule has 9 heteroatoms. The molecule has 0 bridgehead atoms. The Balaban J connectivity index is 2.44. The number of nitrogens with one attached hydrogen (secondary N) is 2. The van der Waals surface area contributed by atoms with Crippen LogP contribution < -0.4 is 10.6 Å². The normalized spacial score (nSPS) is 20.4. The summed E-state index contributed by atoms with van der Waals surface area (Å²) >= 11 is 1.15. The molecule has 0 aromatic heterocycles. The maximum absolute atomic E-state index is 13.0. The summed E-state index contributed by atoms with van der Waals surface area (Å²) in [7, 11) is 0. The molecule has 1 atom stereocenters. The molecular formula is C18H24N2O6S. The van der Waals surface area contributed by atoms with E-state index in [0.717, 1.165) is 11.8 Å². The standard InChI is InChI=1S/C18H24N2O6S/c1-5-25-16(22)12-9(3)19-10(4)13(17(23)26-6-2)14(12)15(21)20-11-7-8-27-18(11)24/h11,14,19H,5-8H2,1-4H3,(H,20,21)/t11-/m1/s1. The third-order valence-corrected chi connectivity index (χ3v) is 5.27. The van der Waals surface area contributed by atoms with Crippen LogP contribution >= 0.6 is 11.8 Å². The van der Waals surface area contributed by atoms with E-state index in [0.29, 0.717) is 23.6 Å². The first-order valence-electron chi connectivity index (χ1n) is 8.81. The minimum absolute atomic E-state index is 0.0427. The Morgan fingerprint density at radius 2 is 1.59 bits per heavy atom. The second-order valence-corrected chi connectivity index (χ2v) is 7.19. The van der Waals surface area contributed by atoms with Gasteiger partial charge in [-0.2, -0.15) is 0 Å². The molecule has 1 saturated heterocycles. The van der Waals surface area contributed by atoms with Gasteiger partial charge < -0.3 is 20.1 Å². The van der Waals surface area contributed by atoms with Gasteiger partial charge in [-0.1, -0.05) is 11.8 Å². The van der Waals surface area contributed by atoms with Gasteiger partial charge in [-0.25, -0.2) is 9.59 Å². The summed E-state index contributed by atoms with van der Waals surface area (Å²) in [5, 5.41) is 5.49. The SMILES string of the molecule is CCOC(=O)C1=C(C)NC(C)=C(C(=O)OCC)C1C(=O)N[C@@H]1CCSC1=O.